The molecule has 18 heavy (non-hydrogen) atoms. The molecule has 0 radical (unpaired) electrons. The second kappa shape index (κ2) is 5.29. The van der Waals surface area contributed by atoms with Gasteiger partial charge in [-0.1, -0.05) is 12.1 Å². The van der Waals surface area contributed by atoms with Crippen LogP contribution in [0.2, 0.25) is 0 Å². The van der Waals surface area contributed by atoms with Gasteiger partial charge >= 0.3 is 0 Å². The van der Waals surface area contributed by atoms with Gasteiger partial charge in [-0.15, -0.1) is 0 Å². The highest BCUT2D eigenvalue weighted by atomic mass is 16.3. The Labute approximate surface area is 110 Å². The smallest absolute Gasteiger partial charge is 0.121 e. The van der Waals surface area contributed by atoms with E-state index in [2.05, 4.69) is 24.1 Å². The molecule has 3 nitrogen and oxygen atoms in total. The average molecular weight is 248 g/mol. The van der Waals surface area contributed by atoms with Crippen LogP contribution in [0.4, 0.5) is 0 Å². The average Bonchev–Trinajstić information content (AvgIpc) is 3.11. The summed E-state index contributed by atoms with van der Waals surface area (Å²) in [4.78, 5) is 2.35. The van der Waals surface area contributed by atoms with Crippen molar-refractivity contribution in [2.45, 2.75) is 39.3 Å². The first-order valence-corrected chi connectivity index (χ1v) is 6.72. The molecule has 100 valence electrons. The van der Waals surface area contributed by atoms with E-state index in [4.69, 9.17) is 5.73 Å². The van der Waals surface area contributed by atoms with E-state index in [1.807, 2.05) is 13.8 Å². The molecule has 0 saturated heterocycles. The van der Waals surface area contributed by atoms with Crippen molar-refractivity contribution in [2.75, 3.05) is 13.6 Å². The van der Waals surface area contributed by atoms with E-state index < -0.39 is 0 Å². The number of aromatic hydroxyl groups is 1. The zero-order valence-electron chi connectivity index (χ0n) is 11.6. The number of hydrogen-bond donors (Lipinski definition) is 2. The van der Waals surface area contributed by atoms with Crippen LogP contribution >= 0.6 is 0 Å². The molecule has 1 aromatic carbocycles. The Morgan fingerprint density at radius 1 is 1.33 bits per heavy atom. The molecule has 0 aromatic heterocycles. The molecule has 0 aliphatic heterocycles. The van der Waals surface area contributed by atoms with E-state index in [-0.39, 0.29) is 0 Å². The molecule has 1 aromatic rings. The van der Waals surface area contributed by atoms with Gasteiger partial charge in [0.2, 0.25) is 0 Å². The first-order valence-electron chi connectivity index (χ1n) is 6.72. The van der Waals surface area contributed by atoms with Crippen LogP contribution in [-0.2, 0) is 6.54 Å². The first kappa shape index (κ1) is 13.4. The van der Waals surface area contributed by atoms with Crippen molar-refractivity contribution in [3.8, 4) is 5.75 Å². The summed E-state index contributed by atoms with van der Waals surface area (Å²) in [5.41, 5.74) is 9.03. The lowest BCUT2D eigenvalue weighted by Crippen LogP contribution is -2.39. The van der Waals surface area contributed by atoms with E-state index in [9.17, 15) is 5.11 Å². The van der Waals surface area contributed by atoms with Gasteiger partial charge in [-0.05, 0) is 56.3 Å². The van der Waals surface area contributed by atoms with Crippen molar-refractivity contribution < 1.29 is 5.11 Å². The number of nitrogens with two attached hydrogens (primary N) is 1. The van der Waals surface area contributed by atoms with Gasteiger partial charge in [0.05, 0.1) is 0 Å². The summed E-state index contributed by atoms with van der Waals surface area (Å²) < 4.78 is 0. The standard InChI is InChI=1S/C15H24N2O/c1-10-6-12(7-11(2)15(10)18)9-17(3)14(8-16)13-4-5-13/h6-7,13-14,18H,4-5,8-9,16H2,1-3H3. The van der Waals surface area contributed by atoms with Crippen LogP contribution in [0.5, 0.6) is 5.75 Å². The summed E-state index contributed by atoms with van der Waals surface area (Å²) in [5, 5.41) is 9.78. The highest BCUT2D eigenvalue weighted by molar-refractivity contribution is 5.42. The number of rotatable bonds is 5. The molecular weight excluding hydrogens is 224 g/mol. The molecule has 3 N–H and O–H groups in total. The van der Waals surface area contributed by atoms with Gasteiger partial charge in [-0.25, -0.2) is 0 Å². The molecular formula is C15H24N2O. The lowest BCUT2D eigenvalue weighted by Gasteiger charge is -2.27. The molecule has 0 bridgehead atoms. The third-order valence-corrected chi connectivity index (χ3v) is 3.96. The summed E-state index contributed by atoms with van der Waals surface area (Å²) in [6.07, 6.45) is 2.64. The number of phenolic OH excluding ortho intramolecular Hbond substituents is 1. The Hall–Kier alpha value is -1.06. The summed E-state index contributed by atoms with van der Waals surface area (Å²) in [5.74, 6) is 1.21. The van der Waals surface area contributed by atoms with Crippen molar-refractivity contribution in [2.24, 2.45) is 11.7 Å². The van der Waals surface area contributed by atoms with Crippen LogP contribution in [0, 0.1) is 19.8 Å². The normalized spacial score (nSPS) is 17.2. The summed E-state index contributed by atoms with van der Waals surface area (Å²) >= 11 is 0. The lowest BCUT2D eigenvalue weighted by atomic mass is 10.0. The fraction of sp³-hybridized carbons (Fsp3) is 0.600. The minimum atomic E-state index is 0.416. The maximum Gasteiger partial charge on any atom is 0.121 e. The minimum Gasteiger partial charge on any atom is -0.507 e. The largest absolute Gasteiger partial charge is 0.507 e. The summed E-state index contributed by atoms with van der Waals surface area (Å²) in [7, 11) is 2.15. The van der Waals surface area contributed by atoms with Gasteiger partial charge in [0.1, 0.15) is 5.75 Å². The Morgan fingerprint density at radius 2 is 1.89 bits per heavy atom. The second-order valence-corrected chi connectivity index (χ2v) is 5.63. The van der Waals surface area contributed by atoms with Gasteiger partial charge in [-0.3, -0.25) is 4.90 Å². The number of phenols is 1. The summed E-state index contributed by atoms with van der Waals surface area (Å²) in [6.45, 7) is 5.54. The van der Waals surface area contributed by atoms with E-state index in [1.54, 1.807) is 0 Å². The maximum atomic E-state index is 9.78. The highest BCUT2D eigenvalue weighted by Gasteiger charge is 2.32. The van der Waals surface area contributed by atoms with E-state index in [0.29, 0.717) is 11.8 Å². The first-order chi connectivity index (χ1) is 8.52. The molecule has 3 heteroatoms. The number of likely N-dealkylation sites (N-methyl/N-ethyl adjacent to an activating group) is 1. The molecule has 0 amide bonds. The summed E-state index contributed by atoms with van der Waals surface area (Å²) in [6, 6.07) is 4.64. The lowest BCUT2D eigenvalue weighted by molar-refractivity contribution is 0.215. The topological polar surface area (TPSA) is 49.5 Å². The molecule has 0 spiro atoms. The quantitative estimate of drug-likeness (QED) is 0.839. The number of nitrogens with zero attached hydrogens (tertiary/aromatic N) is 1. The van der Waals surface area contributed by atoms with Crippen LogP contribution in [0.3, 0.4) is 0 Å². The van der Waals surface area contributed by atoms with Gasteiger partial charge in [0, 0.05) is 19.1 Å². The third-order valence-electron chi connectivity index (χ3n) is 3.96. The fourth-order valence-electron chi connectivity index (χ4n) is 2.76. The zero-order valence-corrected chi connectivity index (χ0v) is 11.6. The van der Waals surface area contributed by atoms with Crippen molar-refractivity contribution in [1.29, 1.82) is 0 Å². The Morgan fingerprint density at radius 3 is 2.33 bits per heavy atom. The van der Waals surface area contributed by atoms with Gasteiger partial charge in [0.15, 0.2) is 0 Å². The van der Waals surface area contributed by atoms with Crippen LogP contribution in [0.1, 0.15) is 29.5 Å². The fourth-order valence-corrected chi connectivity index (χ4v) is 2.76. The van der Waals surface area contributed by atoms with Gasteiger partial charge < -0.3 is 10.8 Å². The SMILES string of the molecule is Cc1cc(CN(C)C(CN)C2CC2)cc(C)c1O. The molecule has 0 heterocycles. The van der Waals surface area contributed by atoms with Crippen LogP contribution in [0.15, 0.2) is 12.1 Å². The zero-order chi connectivity index (χ0) is 13.3. The predicted octanol–water partition coefficient (Wildman–Crippen LogP) is 2.18. The van der Waals surface area contributed by atoms with E-state index >= 15 is 0 Å². The van der Waals surface area contributed by atoms with Crippen LogP contribution in [-0.4, -0.2) is 29.6 Å². The van der Waals surface area contributed by atoms with E-state index in [0.717, 1.165) is 30.1 Å². The van der Waals surface area contributed by atoms with E-state index in [1.165, 1.54) is 18.4 Å². The number of aryl methyl sites for hydroxylation is 2. The Kier molecular flexibility index (Phi) is 3.93. The Bertz CT molecular complexity index is 403. The number of benzene rings is 1. The molecule has 1 saturated carbocycles. The molecule has 1 fully saturated rings. The molecule has 1 aliphatic carbocycles. The van der Waals surface area contributed by atoms with Crippen molar-refractivity contribution in [3.63, 3.8) is 0 Å². The van der Waals surface area contributed by atoms with Crippen LogP contribution < -0.4 is 5.73 Å². The van der Waals surface area contributed by atoms with Crippen LogP contribution in [0.25, 0.3) is 0 Å². The molecule has 1 atom stereocenters. The highest BCUT2D eigenvalue weighted by Crippen LogP contribution is 2.35. The van der Waals surface area contributed by atoms with Crippen molar-refractivity contribution in [1.82, 2.24) is 4.90 Å². The number of hydrogen-bond acceptors (Lipinski definition) is 3. The van der Waals surface area contributed by atoms with Gasteiger partial charge in [-0.2, -0.15) is 0 Å². The minimum absolute atomic E-state index is 0.416. The third kappa shape index (κ3) is 2.85. The van der Waals surface area contributed by atoms with Crippen molar-refractivity contribution >= 4 is 0 Å². The molecule has 1 aliphatic rings. The van der Waals surface area contributed by atoms with Crippen molar-refractivity contribution in [3.05, 3.63) is 28.8 Å². The maximum absolute atomic E-state index is 9.78. The molecule has 1 unspecified atom stereocenters. The second-order valence-electron chi connectivity index (χ2n) is 5.63. The monoisotopic (exact) mass is 248 g/mol. The molecule has 2 rings (SSSR count). The van der Waals surface area contributed by atoms with Gasteiger partial charge in [0.25, 0.3) is 0 Å². The Balaban J connectivity index is 2.08. The predicted molar refractivity (Wildman–Crippen MR) is 74.6 cm³/mol.